The van der Waals surface area contributed by atoms with Crippen LogP contribution in [0.2, 0.25) is 0 Å². The number of hydrogen-bond acceptors (Lipinski definition) is 2. The molecule has 2 nitrogen and oxygen atoms in total. The van der Waals surface area contributed by atoms with Crippen LogP contribution in [-0.2, 0) is 11.3 Å². The lowest BCUT2D eigenvalue weighted by Crippen LogP contribution is -2.19. The maximum atomic E-state index is 5.87. The Morgan fingerprint density at radius 1 is 1.05 bits per heavy atom. The van der Waals surface area contributed by atoms with E-state index in [1.165, 1.54) is 11.1 Å². The van der Waals surface area contributed by atoms with E-state index in [0.717, 1.165) is 17.6 Å². The van der Waals surface area contributed by atoms with Gasteiger partial charge in [-0.15, -0.1) is 0 Å². The van der Waals surface area contributed by atoms with Crippen LogP contribution in [0, 0.1) is 0 Å². The third-order valence-electron chi connectivity index (χ3n) is 3.37. The lowest BCUT2D eigenvalue weighted by molar-refractivity contribution is 0.0880. The Morgan fingerprint density at radius 2 is 1.79 bits per heavy atom. The molecule has 98 valence electrons. The Bertz CT molecular complexity index is 526. The van der Waals surface area contributed by atoms with E-state index in [9.17, 15) is 0 Å². The highest BCUT2D eigenvalue weighted by atomic mass is 79.9. The van der Waals surface area contributed by atoms with E-state index in [1.54, 1.807) is 0 Å². The largest absolute Gasteiger partial charge is 0.357 e. The lowest BCUT2D eigenvalue weighted by atomic mass is 10.1. The molecule has 1 aliphatic heterocycles. The molecule has 2 aromatic carbocycles. The summed E-state index contributed by atoms with van der Waals surface area (Å²) in [6, 6.07) is 18.9. The predicted molar refractivity (Wildman–Crippen MR) is 79.7 cm³/mol. The molecule has 3 rings (SSSR count). The SMILES string of the molecule is Brc1ccc(C2CN(Cc3ccccc3)CO2)cc1. The molecule has 0 spiro atoms. The van der Waals surface area contributed by atoms with Gasteiger partial charge in [0.25, 0.3) is 0 Å². The molecule has 0 bridgehead atoms. The van der Waals surface area contributed by atoms with E-state index in [4.69, 9.17) is 4.74 Å². The van der Waals surface area contributed by atoms with Crippen LogP contribution in [-0.4, -0.2) is 18.2 Å². The molecule has 0 N–H and O–H groups in total. The Balaban J connectivity index is 1.62. The first-order valence-electron chi connectivity index (χ1n) is 6.44. The summed E-state index contributed by atoms with van der Waals surface area (Å²) in [6.45, 7) is 2.61. The standard InChI is InChI=1S/C16H16BrNO/c17-15-8-6-14(7-9-15)16-11-18(12-19-16)10-13-4-2-1-3-5-13/h1-9,16H,10-12H2. The maximum Gasteiger partial charge on any atom is 0.100 e. The van der Waals surface area contributed by atoms with Gasteiger partial charge in [-0.3, -0.25) is 4.90 Å². The Morgan fingerprint density at radius 3 is 2.53 bits per heavy atom. The highest BCUT2D eigenvalue weighted by Crippen LogP contribution is 2.26. The van der Waals surface area contributed by atoms with Crippen molar-refractivity contribution < 1.29 is 4.74 Å². The fourth-order valence-corrected chi connectivity index (χ4v) is 2.63. The Hall–Kier alpha value is -1.16. The first-order valence-corrected chi connectivity index (χ1v) is 7.24. The van der Waals surface area contributed by atoms with Crippen molar-refractivity contribution in [3.05, 3.63) is 70.2 Å². The van der Waals surface area contributed by atoms with E-state index in [2.05, 4.69) is 75.4 Å². The van der Waals surface area contributed by atoms with Gasteiger partial charge in [0.2, 0.25) is 0 Å². The van der Waals surface area contributed by atoms with Crippen molar-refractivity contribution in [2.24, 2.45) is 0 Å². The zero-order valence-corrected chi connectivity index (χ0v) is 12.2. The van der Waals surface area contributed by atoms with E-state index >= 15 is 0 Å². The van der Waals surface area contributed by atoms with Gasteiger partial charge in [-0.05, 0) is 23.3 Å². The molecule has 0 radical (unpaired) electrons. The van der Waals surface area contributed by atoms with Gasteiger partial charge in [0, 0.05) is 17.6 Å². The number of hydrogen-bond donors (Lipinski definition) is 0. The minimum atomic E-state index is 0.191. The van der Waals surface area contributed by atoms with E-state index < -0.39 is 0 Å². The molecular weight excluding hydrogens is 302 g/mol. The van der Waals surface area contributed by atoms with Crippen LogP contribution in [0.5, 0.6) is 0 Å². The van der Waals surface area contributed by atoms with Crippen molar-refractivity contribution in [1.82, 2.24) is 4.90 Å². The molecule has 3 heteroatoms. The topological polar surface area (TPSA) is 12.5 Å². The van der Waals surface area contributed by atoms with Crippen LogP contribution in [0.3, 0.4) is 0 Å². The molecule has 0 aliphatic carbocycles. The number of ether oxygens (including phenoxy) is 1. The van der Waals surface area contributed by atoms with Gasteiger partial charge in [-0.25, -0.2) is 0 Å². The second kappa shape index (κ2) is 5.87. The van der Waals surface area contributed by atoms with Gasteiger partial charge in [-0.1, -0.05) is 58.4 Å². The molecule has 0 saturated carbocycles. The lowest BCUT2D eigenvalue weighted by Gasteiger charge is -2.13. The molecule has 1 atom stereocenters. The minimum absolute atomic E-state index is 0.191. The van der Waals surface area contributed by atoms with Crippen molar-refractivity contribution in [3.8, 4) is 0 Å². The average molecular weight is 318 g/mol. The average Bonchev–Trinajstić information content (AvgIpc) is 2.89. The summed E-state index contributed by atoms with van der Waals surface area (Å²) in [5.41, 5.74) is 2.58. The van der Waals surface area contributed by atoms with Crippen molar-refractivity contribution in [2.75, 3.05) is 13.3 Å². The second-order valence-electron chi connectivity index (χ2n) is 4.83. The predicted octanol–water partition coefficient (Wildman–Crippen LogP) is 3.98. The zero-order chi connectivity index (χ0) is 13.1. The molecule has 1 heterocycles. The normalized spacial score (nSPS) is 19.7. The summed E-state index contributed by atoms with van der Waals surface area (Å²) in [5, 5.41) is 0. The quantitative estimate of drug-likeness (QED) is 0.849. The second-order valence-corrected chi connectivity index (χ2v) is 5.75. The number of nitrogens with zero attached hydrogens (tertiary/aromatic N) is 1. The molecule has 1 unspecified atom stereocenters. The first kappa shape index (κ1) is 12.9. The zero-order valence-electron chi connectivity index (χ0n) is 10.6. The molecule has 0 aromatic heterocycles. The fourth-order valence-electron chi connectivity index (χ4n) is 2.37. The summed E-state index contributed by atoms with van der Waals surface area (Å²) in [7, 11) is 0. The Labute approximate surface area is 122 Å². The van der Waals surface area contributed by atoms with Crippen LogP contribution in [0.1, 0.15) is 17.2 Å². The minimum Gasteiger partial charge on any atom is -0.357 e. The molecular formula is C16H16BrNO. The van der Waals surface area contributed by atoms with Crippen LogP contribution >= 0.6 is 15.9 Å². The van der Waals surface area contributed by atoms with Gasteiger partial charge in [-0.2, -0.15) is 0 Å². The van der Waals surface area contributed by atoms with Crippen LogP contribution in [0.25, 0.3) is 0 Å². The molecule has 0 amide bonds. The molecule has 1 saturated heterocycles. The number of rotatable bonds is 3. The summed E-state index contributed by atoms with van der Waals surface area (Å²) >= 11 is 3.46. The van der Waals surface area contributed by atoms with E-state index in [-0.39, 0.29) is 6.10 Å². The summed E-state index contributed by atoms with van der Waals surface area (Å²) in [5.74, 6) is 0. The summed E-state index contributed by atoms with van der Waals surface area (Å²) in [4.78, 5) is 2.34. The van der Waals surface area contributed by atoms with Gasteiger partial charge in [0.15, 0.2) is 0 Å². The van der Waals surface area contributed by atoms with Crippen molar-refractivity contribution in [2.45, 2.75) is 12.6 Å². The summed E-state index contributed by atoms with van der Waals surface area (Å²) in [6.07, 6.45) is 0.191. The van der Waals surface area contributed by atoms with Crippen molar-refractivity contribution in [3.63, 3.8) is 0 Å². The van der Waals surface area contributed by atoms with Gasteiger partial charge in [0.05, 0.1) is 6.10 Å². The van der Waals surface area contributed by atoms with Gasteiger partial charge in [0.1, 0.15) is 6.73 Å². The van der Waals surface area contributed by atoms with Crippen molar-refractivity contribution >= 4 is 15.9 Å². The number of benzene rings is 2. The third kappa shape index (κ3) is 3.24. The van der Waals surface area contributed by atoms with Crippen LogP contribution < -0.4 is 0 Å². The molecule has 1 aliphatic rings. The van der Waals surface area contributed by atoms with Crippen molar-refractivity contribution in [1.29, 1.82) is 0 Å². The maximum absolute atomic E-state index is 5.87. The van der Waals surface area contributed by atoms with Crippen LogP contribution in [0.4, 0.5) is 0 Å². The smallest absolute Gasteiger partial charge is 0.100 e. The van der Waals surface area contributed by atoms with E-state index in [0.29, 0.717) is 6.73 Å². The highest BCUT2D eigenvalue weighted by molar-refractivity contribution is 9.10. The number of halogens is 1. The van der Waals surface area contributed by atoms with Gasteiger partial charge >= 0.3 is 0 Å². The highest BCUT2D eigenvalue weighted by Gasteiger charge is 2.24. The third-order valence-corrected chi connectivity index (χ3v) is 3.90. The van der Waals surface area contributed by atoms with Gasteiger partial charge < -0.3 is 4.74 Å². The molecule has 2 aromatic rings. The molecule has 1 fully saturated rings. The monoisotopic (exact) mass is 317 g/mol. The fraction of sp³-hybridized carbons (Fsp3) is 0.250. The molecule has 19 heavy (non-hydrogen) atoms. The van der Waals surface area contributed by atoms with E-state index in [1.807, 2.05) is 0 Å². The van der Waals surface area contributed by atoms with Crippen LogP contribution in [0.15, 0.2) is 59.1 Å². The Kier molecular flexibility index (Phi) is 3.97. The first-order chi connectivity index (χ1) is 9.31. The summed E-state index contributed by atoms with van der Waals surface area (Å²) < 4.78 is 6.98.